The molecule has 1 nitrogen and oxygen atoms in total. The van der Waals surface area contributed by atoms with Crippen LogP contribution in [0, 0.1) is 12.7 Å². The van der Waals surface area contributed by atoms with Gasteiger partial charge in [-0.2, -0.15) is 0 Å². The van der Waals surface area contributed by atoms with Gasteiger partial charge in [-0.05, 0) is 56.5 Å². The van der Waals surface area contributed by atoms with Crippen molar-refractivity contribution in [2.24, 2.45) is 0 Å². The van der Waals surface area contributed by atoms with Crippen molar-refractivity contribution in [1.29, 1.82) is 0 Å². The molecule has 1 aromatic rings. The molecular weight excluding hydrogens is 225 g/mol. The lowest BCUT2D eigenvalue weighted by atomic mass is 10.1. The molecule has 90 valence electrons. The summed E-state index contributed by atoms with van der Waals surface area (Å²) >= 11 is 5.84. The monoisotopic (exact) mass is 243 g/mol. The summed E-state index contributed by atoms with van der Waals surface area (Å²) in [5, 5.41) is 3.53. The summed E-state index contributed by atoms with van der Waals surface area (Å²) in [7, 11) is 0. The third-order valence-corrected chi connectivity index (χ3v) is 2.80. The minimum Gasteiger partial charge on any atom is -0.313 e. The van der Waals surface area contributed by atoms with Gasteiger partial charge in [0.15, 0.2) is 0 Å². The molecule has 1 aromatic carbocycles. The van der Waals surface area contributed by atoms with Gasteiger partial charge >= 0.3 is 0 Å². The highest BCUT2D eigenvalue weighted by atomic mass is 35.5. The quantitative estimate of drug-likeness (QED) is 0.594. The topological polar surface area (TPSA) is 12.0 Å². The van der Waals surface area contributed by atoms with Gasteiger partial charge < -0.3 is 5.32 Å². The molecule has 3 heteroatoms. The second-order valence-electron chi connectivity index (χ2n) is 4.17. The summed E-state index contributed by atoms with van der Waals surface area (Å²) in [6.45, 7) is 5.64. The third kappa shape index (κ3) is 4.95. The SMILES string of the molecule is Cc1ccc(F)cc1CNCCCC(C)Cl. The maximum Gasteiger partial charge on any atom is 0.123 e. The Morgan fingerprint density at radius 2 is 2.19 bits per heavy atom. The van der Waals surface area contributed by atoms with Crippen LogP contribution in [0.5, 0.6) is 0 Å². The minimum absolute atomic E-state index is 0.170. The highest BCUT2D eigenvalue weighted by Crippen LogP contribution is 2.10. The van der Waals surface area contributed by atoms with Crippen LogP contribution in [0.1, 0.15) is 30.9 Å². The zero-order valence-electron chi connectivity index (χ0n) is 9.89. The van der Waals surface area contributed by atoms with Crippen molar-refractivity contribution in [1.82, 2.24) is 5.32 Å². The van der Waals surface area contributed by atoms with Gasteiger partial charge in [0.2, 0.25) is 0 Å². The number of benzene rings is 1. The van der Waals surface area contributed by atoms with E-state index in [4.69, 9.17) is 11.6 Å². The molecule has 1 unspecified atom stereocenters. The first kappa shape index (κ1) is 13.5. The van der Waals surface area contributed by atoms with E-state index < -0.39 is 0 Å². The average molecular weight is 244 g/mol. The van der Waals surface area contributed by atoms with Crippen molar-refractivity contribution in [3.8, 4) is 0 Å². The second kappa shape index (κ2) is 6.87. The van der Waals surface area contributed by atoms with Crippen molar-refractivity contribution in [3.63, 3.8) is 0 Å². The molecule has 0 saturated heterocycles. The van der Waals surface area contributed by atoms with Gasteiger partial charge in [0.1, 0.15) is 5.82 Å². The lowest BCUT2D eigenvalue weighted by molar-refractivity contribution is 0.604. The van der Waals surface area contributed by atoms with Gasteiger partial charge in [-0.25, -0.2) is 4.39 Å². The highest BCUT2D eigenvalue weighted by molar-refractivity contribution is 6.20. The van der Waals surface area contributed by atoms with E-state index in [0.717, 1.165) is 37.1 Å². The number of aryl methyl sites for hydroxylation is 1. The molecule has 1 rings (SSSR count). The Kier molecular flexibility index (Phi) is 5.78. The van der Waals surface area contributed by atoms with Gasteiger partial charge in [-0.1, -0.05) is 6.07 Å². The lowest BCUT2D eigenvalue weighted by Gasteiger charge is -2.08. The fourth-order valence-electron chi connectivity index (χ4n) is 1.56. The summed E-state index contributed by atoms with van der Waals surface area (Å²) in [4.78, 5) is 0. The van der Waals surface area contributed by atoms with Crippen LogP contribution in [0.3, 0.4) is 0 Å². The van der Waals surface area contributed by atoms with E-state index in [1.807, 2.05) is 19.9 Å². The standard InChI is InChI=1S/C13H19ClFN/c1-10-5-6-13(15)8-12(10)9-16-7-3-4-11(2)14/h5-6,8,11,16H,3-4,7,9H2,1-2H3. The Balaban J connectivity index is 2.29. The summed E-state index contributed by atoms with van der Waals surface area (Å²) in [6, 6.07) is 4.90. The fourth-order valence-corrected chi connectivity index (χ4v) is 1.72. The molecule has 0 radical (unpaired) electrons. The average Bonchev–Trinajstić information content (AvgIpc) is 2.22. The van der Waals surface area contributed by atoms with Gasteiger partial charge in [0.05, 0.1) is 0 Å². The molecule has 0 spiro atoms. The zero-order valence-corrected chi connectivity index (χ0v) is 10.6. The van der Waals surface area contributed by atoms with Crippen LogP contribution < -0.4 is 5.32 Å². The summed E-state index contributed by atoms with van der Waals surface area (Å²) in [5.41, 5.74) is 2.15. The van der Waals surface area contributed by atoms with Gasteiger partial charge in [0, 0.05) is 11.9 Å². The van der Waals surface area contributed by atoms with Crippen molar-refractivity contribution in [2.75, 3.05) is 6.54 Å². The van der Waals surface area contributed by atoms with E-state index >= 15 is 0 Å². The first-order chi connectivity index (χ1) is 7.59. The number of hydrogen-bond acceptors (Lipinski definition) is 1. The minimum atomic E-state index is -0.170. The van der Waals surface area contributed by atoms with E-state index in [9.17, 15) is 4.39 Å². The van der Waals surface area contributed by atoms with Crippen LogP contribution >= 0.6 is 11.6 Å². The molecule has 0 amide bonds. The summed E-state index contributed by atoms with van der Waals surface area (Å²) in [5.74, 6) is -0.170. The zero-order chi connectivity index (χ0) is 12.0. The van der Waals surface area contributed by atoms with Crippen molar-refractivity contribution >= 4 is 11.6 Å². The molecule has 1 atom stereocenters. The number of halogens is 2. The largest absolute Gasteiger partial charge is 0.313 e. The molecule has 0 aliphatic carbocycles. The van der Waals surface area contributed by atoms with E-state index in [-0.39, 0.29) is 11.2 Å². The maximum absolute atomic E-state index is 13.0. The molecule has 0 fully saturated rings. The Labute approximate surface area is 102 Å². The Morgan fingerprint density at radius 3 is 2.88 bits per heavy atom. The molecule has 1 N–H and O–H groups in total. The van der Waals surface area contributed by atoms with Crippen LogP contribution in [0.4, 0.5) is 4.39 Å². The second-order valence-corrected chi connectivity index (χ2v) is 4.92. The molecule has 0 heterocycles. The van der Waals surface area contributed by atoms with E-state index in [1.54, 1.807) is 6.07 Å². The number of hydrogen-bond donors (Lipinski definition) is 1. The van der Waals surface area contributed by atoms with Crippen LogP contribution in [0.25, 0.3) is 0 Å². The Morgan fingerprint density at radius 1 is 1.44 bits per heavy atom. The predicted octanol–water partition coefficient (Wildman–Crippen LogP) is 3.63. The van der Waals surface area contributed by atoms with E-state index in [0.29, 0.717) is 0 Å². The van der Waals surface area contributed by atoms with Crippen LogP contribution in [0.2, 0.25) is 0 Å². The van der Waals surface area contributed by atoms with E-state index in [1.165, 1.54) is 6.07 Å². The van der Waals surface area contributed by atoms with Crippen molar-refractivity contribution < 1.29 is 4.39 Å². The normalized spacial score (nSPS) is 12.8. The van der Waals surface area contributed by atoms with Gasteiger partial charge in [0.25, 0.3) is 0 Å². The Bertz CT molecular complexity index is 326. The van der Waals surface area contributed by atoms with Crippen LogP contribution in [0.15, 0.2) is 18.2 Å². The first-order valence-corrected chi connectivity index (χ1v) is 6.13. The first-order valence-electron chi connectivity index (χ1n) is 5.69. The molecule has 0 aliphatic heterocycles. The van der Waals surface area contributed by atoms with Crippen molar-refractivity contribution in [3.05, 3.63) is 35.1 Å². The smallest absolute Gasteiger partial charge is 0.123 e. The molecule has 0 bridgehead atoms. The lowest BCUT2D eigenvalue weighted by Crippen LogP contribution is -2.16. The maximum atomic E-state index is 13.0. The molecule has 0 aliphatic rings. The van der Waals surface area contributed by atoms with Gasteiger partial charge in [-0.3, -0.25) is 0 Å². The number of alkyl halides is 1. The predicted molar refractivity (Wildman–Crippen MR) is 67.4 cm³/mol. The van der Waals surface area contributed by atoms with Crippen LogP contribution in [-0.4, -0.2) is 11.9 Å². The molecular formula is C13H19ClFN. The Hall–Kier alpha value is -0.600. The fraction of sp³-hybridized carbons (Fsp3) is 0.538. The molecule has 16 heavy (non-hydrogen) atoms. The number of rotatable bonds is 6. The van der Waals surface area contributed by atoms with Crippen LogP contribution in [-0.2, 0) is 6.54 Å². The number of nitrogens with one attached hydrogen (secondary N) is 1. The van der Waals surface area contributed by atoms with E-state index in [2.05, 4.69) is 5.32 Å². The summed E-state index contributed by atoms with van der Waals surface area (Å²) in [6.07, 6.45) is 2.07. The molecule has 0 aromatic heterocycles. The summed E-state index contributed by atoms with van der Waals surface area (Å²) < 4.78 is 13.0. The third-order valence-electron chi connectivity index (χ3n) is 2.58. The highest BCUT2D eigenvalue weighted by Gasteiger charge is 2.00. The molecule has 0 saturated carbocycles. The van der Waals surface area contributed by atoms with Crippen molar-refractivity contribution in [2.45, 2.75) is 38.6 Å². The van der Waals surface area contributed by atoms with Gasteiger partial charge in [-0.15, -0.1) is 11.6 Å².